The number of urea groups is 1. The van der Waals surface area contributed by atoms with E-state index in [1.165, 1.54) is 26.2 Å². The average molecular weight is 445 g/mol. The molecule has 0 atom stereocenters. The van der Waals surface area contributed by atoms with E-state index in [4.69, 9.17) is 4.74 Å². The number of carbonyl (C=O) groups is 3. The van der Waals surface area contributed by atoms with E-state index >= 15 is 0 Å². The number of piperidine rings is 1. The molecule has 1 saturated heterocycles. The summed E-state index contributed by atoms with van der Waals surface area (Å²) in [6.45, 7) is 2.00. The van der Waals surface area contributed by atoms with Crippen LogP contribution in [-0.2, 0) is 14.6 Å². The van der Waals surface area contributed by atoms with Crippen LogP contribution >= 0.6 is 0 Å². The lowest BCUT2D eigenvalue weighted by Crippen LogP contribution is -2.44. The molecule has 31 heavy (non-hydrogen) atoms. The number of nitrogens with one attached hydrogen (secondary N) is 1. The molecule has 0 radical (unpaired) electrons. The summed E-state index contributed by atoms with van der Waals surface area (Å²) in [5.41, 5.74) is 1.12. The second-order valence-electron chi connectivity index (χ2n) is 7.28. The molecule has 0 aromatic heterocycles. The van der Waals surface area contributed by atoms with Crippen LogP contribution in [0.2, 0.25) is 0 Å². The number of carbonyl (C=O) groups excluding carboxylic acids is 3. The van der Waals surface area contributed by atoms with Crippen LogP contribution in [0.4, 0.5) is 10.5 Å². The fraction of sp³-hybridized carbons (Fsp3) is 0.318. The molecule has 164 valence electrons. The SMILES string of the molecule is COC(=O)c1ccccc1S(=O)(=O)C1CCN(C(=O)Nc2ccc(C(C)=O)cc2)CC1. The van der Waals surface area contributed by atoms with Crippen LogP contribution in [0.5, 0.6) is 0 Å². The largest absolute Gasteiger partial charge is 0.465 e. The normalized spacial score (nSPS) is 14.7. The van der Waals surface area contributed by atoms with Crippen molar-refractivity contribution in [2.45, 2.75) is 29.9 Å². The molecule has 1 aliphatic heterocycles. The Morgan fingerprint density at radius 1 is 1.00 bits per heavy atom. The predicted molar refractivity (Wildman–Crippen MR) is 115 cm³/mol. The number of amides is 2. The van der Waals surface area contributed by atoms with Gasteiger partial charge in [0, 0.05) is 24.3 Å². The highest BCUT2D eigenvalue weighted by Gasteiger charge is 2.35. The van der Waals surface area contributed by atoms with Gasteiger partial charge in [-0.2, -0.15) is 0 Å². The maximum absolute atomic E-state index is 13.1. The van der Waals surface area contributed by atoms with Crippen LogP contribution in [0, 0.1) is 0 Å². The maximum atomic E-state index is 13.1. The first-order valence-electron chi connectivity index (χ1n) is 9.82. The zero-order valence-corrected chi connectivity index (χ0v) is 18.1. The quantitative estimate of drug-likeness (QED) is 0.560. The van der Waals surface area contributed by atoms with E-state index in [0.717, 1.165) is 0 Å². The molecule has 0 saturated carbocycles. The van der Waals surface area contributed by atoms with Gasteiger partial charge in [-0.25, -0.2) is 18.0 Å². The van der Waals surface area contributed by atoms with Gasteiger partial charge in [-0.3, -0.25) is 4.79 Å². The zero-order chi connectivity index (χ0) is 22.6. The standard InChI is InChI=1S/C22H24N2O6S/c1-15(25)16-7-9-17(10-8-16)23-22(27)24-13-11-18(12-14-24)31(28,29)20-6-4-3-5-19(20)21(26)30-2/h3-10,18H,11-14H2,1-2H3,(H,23,27). The molecule has 1 heterocycles. The van der Waals surface area contributed by atoms with Gasteiger partial charge >= 0.3 is 12.0 Å². The van der Waals surface area contributed by atoms with Crippen molar-refractivity contribution in [3.8, 4) is 0 Å². The van der Waals surface area contributed by atoms with Crippen molar-refractivity contribution < 1.29 is 27.5 Å². The summed E-state index contributed by atoms with van der Waals surface area (Å²) in [7, 11) is -2.56. The lowest BCUT2D eigenvalue weighted by Gasteiger charge is -2.32. The summed E-state index contributed by atoms with van der Waals surface area (Å²) in [6.07, 6.45) is 0.517. The molecule has 0 bridgehead atoms. The van der Waals surface area contributed by atoms with Gasteiger partial charge in [-0.1, -0.05) is 12.1 Å². The Kier molecular flexibility index (Phi) is 6.74. The van der Waals surface area contributed by atoms with Crippen molar-refractivity contribution in [3.05, 3.63) is 59.7 Å². The van der Waals surface area contributed by atoms with Gasteiger partial charge in [0.25, 0.3) is 0 Å². The van der Waals surface area contributed by atoms with E-state index in [1.807, 2.05) is 0 Å². The number of sulfone groups is 1. The summed E-state index contributed by atoms with van der Waals surface area (Å²) in [6, 6.07) is 12.2. The highest BCUT2D eigenvalue weighted by molar-refractivity contribution is 7.92. The molecule has 0 aliphatic carbocycles. The number of hydrogen-bond donors (Lipinski definition) is 1. The van der Waals surface area contributed by atoms with E-state index in [2.05, 4.69) is 5.32 Å². The number of anilines is 1. The van der Waals surface area contributed by atoms with Gasteiger partial charge in [0.2, 0.25) is 0 Å². The van der Waals surface area contributed by atoms with Gasteiger partial charge in [0.05, 0.1) is 22.8 Å². The topological polar surface area (TPSA) is 110 Å². The molecule has 1 aliphatic rings. The molecule has 1 fully saturated rings. The van der Waals surface area contributed by atoms with E-state index in [-0.39, 0.29) is 48.2 Å². The van der Waals surface area contributed by atoms with Crippen LogP contribution < -0.4 is 5.32 Å². The molecule has 2 amide bonds. The maximum Gasteiger partial charge on any atom is 0.339 e. The lowest BCUT2D eigenvalue weighted by molar-refractivity contribution is 0.0596. The number of esters is 1. The number of Topliss-reactive ketones (excluding diaryl/α,β-unsaturated/α-hetero) is 1. The first kappa shape index (κ1) is 22.5. The summed E-state index contributed by atoms with van der Waals surface area (Å²) >= 11 is 0. The fourth-order valence-corrected chi connectivity index (χ4v) is 5.45. The molecular formula is C22H24N2O6S. The van der Waals surface area contributed by atoms with E-state index in [9.17, 15) is 22.8 Å². The highest BCUT2D eigenvalue weighted by Crippen LogP contribution is 2.27. The summed E-state index contributed by atoms with van der Waals surface area (Å²) in [5.74, 6) is -0.762. The molecule has 1 N–H and O–H groups in total. The fourth-order valence-electron chi connectivity index (χ4n) is 3.53. The second-order valence-corrected chi connectivity index (χ2v) is 9.48. The average Bonchev–Trinajstić information content (AvgIpc) is 2.79. The van der Waals surface area contributed by atoms with Gasteiger partial charge in [0.1, 0.15) is 0 Å². The van der Waals surface area contributed by atoms with Crippen molar-refractivity contribution in [1.82, 2.24) is 4.90 Å². The Bertz CT molecular complexity index is 1090. The van der Waals surface area contributed by atoms with Crippen LogP contribution in [0.1, 0.15) is 40.5 Å². The number of methoxy groups -OCH3 is 1. The van der Waals surface area contributed by atoms with Crippen molar-refractivity contribution in [3.63, 3.8) is 0 Å². The molecule has 0 spiro atoms. The van der Waals surface area contributed by atoms with Crippen molar-refractivity contribution >= 4 is 33.3 Å². The summed E-state index contributed by atoms with van der Waals surface area (Å²) < 4.78 is 31.0. The van der Waals surface area contributed by atoms with Crippen LogP contribution in [0.15, 0.2) is 53.4 Å². The van der Waals surface area contributed by atoms with Gasteiger partial charge in [-0.05, 0) is 56.2 Å². The third-order valence-electron chi connectivity index (χ3n) is 5.31. The molecule has 8 nitrogen and oxygen atoms in total. The van der Waals surface area contributed by atoms with Crippen molar-refractivity contribution in [2.75, 3.05) is 25.5 Å². The highest BCUT2D eigenvalue weighted by atomic mass is 32.2. The molecular weight excluding hydrogens is 420 g/mol. The number of nitrogens with zero attached hydrogens (tertiary/aromatic N) is 1. The van der Waals surface area contributed by atoms with Crippen molar-refractivity contribution in [2.24, 2.45) is 0 Å². The number of ketones is 1. The minimum atomic E-state index is -3.76. The Morgan fingerprint density at radius 2 is 1.61 bits per heavy atom. The Hall–Kier alpha value is -3.20. The van der Waals surface area contributed by atoms with Crippen LogP contribution in [0.25, 0.3) is 0 Å². The van der Waals surface area contributed by atoms with Gasteiger partial charge < -0.3 is 15.0 Å². The number of rotatable bonds is 5. The Morgan fingerprint density at radius 3 is 2.19 bits per heavy atom. The van der Waals surface area contributed by atoms with Crippen LogP contribution in [-0.4, -0.2) is 56.6 Å². The third-order valence-corrected chi connectivity index (χ3v) is 7.63. The minimum Gasteiger partial charge on any atom is -0.465 e. The molecule has 3 rings (SSSR count). The van der Waals surface area contributed by atoms with Gasteiger partial charge in [-0.15, -0.1) is 0 Å². The van der Waals surface area contributed by atoms with Crippen molar-refractivity contribution in [1.29, 1.82) is 0 Å². The number of ether oxygens (including phenoxy) is 1. The van der Waals surface area contributed by atoms with E-state index in [1.54, 1.807) is 41.3 Å². The first-order chi connectivity index (χ1) is 14.7. The lowest BCUT2D eigenvalue weighted by atomic mass is 10.1. The molecule has 2 aromatic rings. The molecule has 2 aromatic carbocycles. The second kappa shape index (κ2) is 9.30. The Labute approximate surface area is 181 Å². The smallest absolute Gasteiger partial charge is 0.339 e. The Balaban J connectivity index is 1.65. The van der Waals surface area contributed by atoms with Gasteiger partial charge in [0.15, 0.2) is 15.6 Å². The predicted octanol–water partition coefficient (Wildman–Crippen LogP) is 3.15. The number of likely N-dealkylation sites (tertiary alicyclic amines) is 1. The van der Waals surface area contributed by atoms with E-state index < -0.39 is 21.1 Å². The van der Waals surface area contributed by atoms with Crippen LogP contribution in [0.3, 0.4) is 0 Å². The summed E-state index contributed by atoms with van der Waals surface area (Å²) in [4.78, 5) is 37.4. The monoisotopic (exact) mass is 444 g/mol. The minimum absolute atomic E-state index is 0.0131. The van der Waals surface area contributed by atoms with E-state index in [0.29, 0.717) is 11.3 Å². The summed E-state index contributed by atoms with van der Waals surface area (Å²) in [5, 5.41) is 2.06. The molecule has 9 heteroatoms. The number of hydrogen-bond acceptors (Lipinski definition) is 6. The molecule has 0 unspecified atom stereocenters. The zero-order valence-electron chi connectivity index (χ0n) is 17.3. The third kappa shape index (κ3) is 4.93. The number of benzene rings is 2. The first-order valence-corrected chi connectivity index (χ1v) is 11.4.